The van der Waals surface area contributed by atoms with E-state index >= 15 is 0 Å². The van der Waals surface area contributed by atoms with Crippen LogP contribution in [-0.2, 0) is 0 Å². The lowest BCUT2D eigenvalue weighted by Gasteiger charge is -2.43. The zero-order valence-electron chi connectivity index (χ0n) is 15.7. The summed E-state index contributed by atoms with van der Waals surface area (Å²) < 4.78 is 1.00. The second kappa shape index (κ2) is 7.65. The molecule has 0 aliphatic heterocycles. The molecule has 1 aliphatic rings. The molecule has 0 heterocycles. The molecular formula is C23H27BrOSi. The summed E-state index contributed by atoms with van der Waals surface area (Å²) in [5.41, 5.74) is 0.409. The predicted octanol–water partition coefficient (Wildman–Crippen LogP) is 6.29. The summed E-state index contributed by atoms with van der Waals surface area (Å²) in [4.78, 5) is 13.7. The van der Waals surface area contributed by atoms with Gasteiger partial charge in [0.1, 0.15) is 8.07 Å². The molecule has 3 rings (SSSR count). The highest BCUT2D eigenvalue weighted by Gasteiger charge is 2.47. The first-order valence-corrected chi connectivity index (χ1v) is 13.2. The molecule has 0 bridgehead atoms. The van der Waals surface area contributed by atoms with E-state index in [2.05, 4.69) is 65.9 Å². The molecule has 0 atom stereocenters. The molecule has 1 saturated carbocycles. The van der Waals surface area contributed by atoms with Gasteiger partial charge in [-0.25, -0.2) is 0 Å². The third-order valence-corrected chi connectivity index (χ3v) is 10.4. The Morgan fingerprint density at radius 2 is 1.54 bits per heavy atom. The maximum absolute atomic E-state index is 13.7. The Morgan fingerprint density at radius 3 is 2.12 bits per heavy atom. The van der Waals surface area contributed by atoms with Gasteiger partial charge >= 0.3 is 0 Å². The molecule has 2 aromatic rings. The van der Waals surface area contributed by atoms with Crippen molar-refractivity contribution in [3.05, 3.63) is 76.4 Å². The van der Waals surface area contributed by atoms with Gasteiger partial charge in [0.25, 0.3) is 0 Å². The summed E-state index contributed by atoms with van der Waals surface area (Å²) in [5, 5.41) is 2.56. The Bertz CT molecular complexity index is 787. The van der Waals surface area contributed by atoms with Gasteiger partial charge in [-0.1, -0.05) is 101 Å². The number of allylic oxidation sites excluding steroid dienone is 1. The quantitative estimate of drug-likeness (QED) is 0.405. The number of carbonyl (C=O) groups is 1. The molecule has 0 N–H and O–H groups in total. The van der Waals surface area contributed by atoms with Crippen molar-refractivity contribution in [1.29, 1.82) is 0 Å². The number of ketones is 1. The van der Waals surface area contributed by atoms with Crippen molar-refractivity contribution in [3.8, 4) is 0 Å². The van der Waals surface area contributed by atoms with E-state index in [1.54, 1.807) is 0 Å². The maximum Gasteiger partial charge on any atom is 0.172 e. The number of Topliss-reactive ketones (excluding diaryl/α,β-unsaturated/α-hetero) is 1. The summed E-state index contributed by atoms with van der Waals surface area (Å²) in [5.74, 6) is 0.270. The number of hydrogen-bond donors (Lipinski definition) is 0. The van der Waals surface area contributed by atoms with Crippen LogP contribution >= 0.6 is 15.9 Å². The highest BCUT2D eigenvalue weighted by molar-refractivity contribution is 9.10. The molecule has 1 aliphatic carbocycles. The molecule has 0 aromatic heterocycles. The summed E-state index contributed by atoms with van der Waals surface area (Å²) in [6.45, 7) is 9.28. The minimum absolute atomic E-state index is 0.270. The first kappa shape index (κ1) is 19.3. The fraction of sp³-hybridized carbons (Fsp3) is 0.348. The molecule has 0 spiro atoms. The van der Waals surface area contributed by atoms with Crippen molar-refractivity contribution in [2.45, 2.75) is 45.2 Å². The van der Waals surface area contributed by atoms with Crippen LogP contribution < -0.4 is 5.19 Å². The lowest BCUT2D eigenvalue weighted by Crippen LogP contribution is -2.52. The first-order chi connectivity index (χ1) is 12.4. The van der Waals surface area contributed by atoms with Gasteiger partial charge in [0.15, 0.2) is 5.78 Å². The fourth-order valence-corrected chi connectivity index (χ4v) is 7.52. The van der Waals surface area contributed by atoms with E-state index in [-0.39, 0.29) is 5.78 Å². The van der Waals surface area contributed by atoms with Crippen LogP contribution in [0.5, 0.6) is 0 Å². The van der Waals surface area contributed by atoms with Gasteiger partial charge in [0.2, 0.25) is 0 Å². The number of carbonyl (C=O) groups excluding carboxylic acids is 1. The average Bonchev–Trinajstić information content (AvgIpc) is 2.68. The lowest BCUT2D eigenvalue weighted by molar-refractivity contribution is 0.0790. The van der Waals surface area contributed by atoms with Crippen LogP contribution in [-0.4, -0.2) is 13.9 Å². The van der Waals surface area contributed by atoms with Gasteiger partial charge in [-0.05, 0) is 25.0 Å². The van der Waals surface area contributed by atoms with E-state index in [0.29, 0.717) is 0 Å². The molecule has 3 heteroatoms. The highest BCUT2D eigenvalue weighted by atomic mass is 79.9. The molecule has 1 nitrogen and oxygen atoms in total. The number of hydrogen-bond acceptors (Lipinski definition) is 1. The summed E-state index contributed by atoms with van der Waals surface area (Å²) in [6.07, 6.45) is 5.31. The fourth-order valence-electron chi connectivity index (χ4n) is 4.33. The molecule has 0 unspecified atom stereocenters. The standard InChI is InChI=1S/C23H27BrOSi/c1-18(26(2,3)21-10-6-4-7-11-21)23(16-8-5-9-17-23)22(25)19-12-14-20(24)15-13-19/h4,6-7,10-15H,1,5,8-9,16-17H2,2-3H3. The van der Waals surface area contributed by atoms with Crippen molar-refractivity contribution in [3.63, 3.8) is 0 Å². The normalized spacial score (nSPS) is 16.9. The van der Waals surface area contributed by atoms with E-state index in [1.807, 2.05) is 24.3 Å². The Balaban J connectivity index is 2.03. The second-order valence-electron chi connectivity index (χ2n) is 7.95. The van der Waals surface area contributed by atoms with Crippen LogP contribution in [0.1, 0.15) is 42.5 Å². The van der Waals surface area contributed by atoms with E-state index in [1.165, 1.54) is 16.8 Å². The zero-order chi connectivity index (χ0) is 18.8. The predicted molar refractivity (Wildman–Crippen MR) is 117 cm³/mol. The number of benzene rings is 2. The molecule has 136 valence electrons. The smallest absolute Gasteiger partial charge is 0.172 e. The molecule has 26 heavy (non-hydrogen) atoms. The van der Waals surface area contributed by atoms with Crippen LogP contribution in [0.4, 0.5) is 0 Å². The largest absolute Gasteiger partial charge is 0.293 e. The van der Waals surface area contributed by atoms with Crippen molar-refractivity contribution in [2.24, 2.45) is 5.41 Å². The van der Waals surface area contributed by atoms with Gasteiger partial charge in [-0.15, -0.1) is 6.58 Å². The van der Waals surface area contributed by atoms with Crippen LogP contribution in [0, 0.1) is 5.41 Å². The van der Waals surface area contributed by atoms with Crippen LogP contribution in [0.2, 0.25) is 13.1 Å². The van der Waals surface area contributed by atoms with Crippen LogP contribution in [0.25, 0.3) is 0 Å². The summed E-state index contributed by atoms with van der Waals surface area (Å²) in [6, 6.07) is 18.5. The third kappa shape index (κ3) is 3.52. The zero-order valence-corrected chi connectivity index (χ0v) is 18.3. The molecule has 0 amide bonds. The second-order valence-corrected chi connectivity index (χ2v) is 13.3. The van der Waals surface area contributed by atoms with Gasteiger partial charge in [-0.2, -0.15) is 0 Å². The Labute approximate surface area is 166 Å². The summed E-state index contributed by atoms with van der Waals surface area (Å²) in [7, 11) is -1.97. The van der Waals surface area contributed by atoms with Crippen molar-refractivity contribution in [2.75, 3.05) is 0 Å². The monoisotopic (exact) mass is 426 g/mol. The first-order valence-electron chi connectivity index (χ1n) is 9.44. The van der Waals surface area contributed by atoms with Crippen molar-refractivity contribution < 1.29 is 4.79 Å². The van der Waals surface area contributed by atoms with E-state index in [4.69, 9.17) is 0 Å². The van der Waals surface area contributed by atoms with Gasteiger partial charge in [-0.3, -0.25) is 4.79 Å². The summed E-state index contributed by atoms with van der Waals surface area (Å²) >= 11 is 3.47. The number of rotatable bonds is 5. The third-order valence-electron chi connectivity index (χ3n) is 6.08. The SMILES string of the molecule is C=C(C1(C(=O)c2ccc(Br)cc2)CCCCC1)[Si](C)(C)c1ccccc1. The molecule has 0 radical (unpaired) electrons. The maximum atomic E-state index is 13.7. The minimum atomic E-state index is -1.97. The van der Waals surface area contributed by atoms with Gasteiger partial charge in [0.05, 0.1) is 5.41 Å². The van der Waals surface area contributed by atoms with E-state index in [0.717, 1.165) is 35.7 Å². The minimum Gasteiger partial charge on any atom is -0.293 e. The Hall–Kier alpha value is -1.45. The van der Waals surface area contributed by atoms with Crippen molar-refractivity contribution in [1.82, 2.24) is 0 Å². The highest BCUT2D eigenvalue weighted by Crippen LogP contribution is 2.47. The van der Waals surface area contributed by atoms with Gasteiger partial charge < -0.3 is 0 Å². The lowest BCUT2D eigenvalue weighted by atomic mass is 9.69. The topological polar surface area (TPSA) is 17.1 Å². The molecular weight excluding hydrogens is 400 g/mol. The Morgan fingerprint density at radius 1 is 0.962 bits per heavy atom. The van der Waals surface area contributed by atoms with Gasteiger partial charge in [0, 0.05) is 10.0 Å². The van der Waals surface area contributed by atoms with E-state index in [9.17, 15) is 4.79 Å². The van der Waals surface area contributed by atoms with E-state index < -0.39 is 13.5 Å². The Kier molecular flexibility index (Phi) is 5.69. The molecule has 0 saturated heterocycles. The number of halogens is 1. The molecule has 1 fully saturated rings. The van der Waals surface area contributed by atoms with Crippen LogP contribution in [0.3, 0.4) is 0 Å². The van der Waals surface area contributed by atoms with Crippen LogP contribution in [0.15, 0.2) is 70.8 Å². The molecule has 2 aromatic carbocycles. The average molecular weight is 427 g/mol. The van der Waals surface area contributed by atoms with Crippen molar-refractivity contribution >= 4 is 35.0 Å².